The van der Waals surface area contributed by atoms with Crippen molar-refractivity contribution in [2.75, 3.05) is 7.11 Å². The van der Waals surface area contributed by atoms with Crippen molar-refractivity contribution in [2.45, 2.75) is 62.9 Å². The third-order valence-electron chi connectivity index (χ3n) is 3.65. The van der Waals surface area contributed by atoms with Crippen molar-refractivity contribution in [1.29, 1.82) is 0 Å². The molecule has 1 aromatic rings. The van der Waals surface area contributed by atoms with Crippen LogP contribution in [0.15, 0.2) is 21.6 Å². The van der Waals surface area contributed by atoms with Crippen LogP contribution in [0, 0.1) is 0 Å². The average molecular weight is 316 g/mol. The third-order valence-corrected chi connectivity index (χ3v) is 5.01. The van der Waals surface area contributed by atoms with Crippen LogP contribution >= 0.6 is 0 Å². The molecule has 21 heavy (non-hydrogen) atoms. The van der Waals surface area contributed by atoms with Gasteiger partial charge in [-0.2, -0.15) is 0 Å². The van der Waals surface area contributed by atoms with Gasteiger partial charge >= 0.3 is 0 Å². The molecular formula is C14H24N2O4S. The van der Waals surface area contributed by atoms with Gasteiger partial charge in [-0.25, -0.2) is 13.1 Å². The van der Waals surface area contributed by atoms with Crippen molar-refractivity contribution in [3.63, 3.8) is 0 Å². The van der Waals surface area contributed by atoms with E-state index in [2.05, 4.69) is 10.0 Å². The number of ether oxygens (including phenoxy) is 1. The van der Waals surface area contributed by atoms with Crippen molar-refractivity contribution >= 4 is 10.0 Å². The van der Waals surface area contributed by atoms with E-state index >= 15 is 0 Å². The molecule has 1 aliphatic rings. The molecule has 0 saturated heterocycles. The first kappa shape index (κ1) is 16.5. The first-order chi connectivity index (χ1) is 9.92. The lowest BCUT2D eigenvalue weighted by molar-refractivity contribution is 0.0915. The fraction of sp³-hybridized carbons (Fsp3) is 0.714. The number of nitrogens with one attached hydrogen (secondary N) is 2. The van der Waals surface area contributed by atoms with Crippen molar-refractivity contribution < 1.29 is 17.6 Å². The van der Waals surface area contributed by atoms with Crippen molar-refractivity contribution in [3.8, 4) is 0 Å². The van der Waals surface area contributed by atoms with Crippen molar-refractivity contribution in [1.82, 2.24) is 10.0 Å². The number of furan rings is 1. The lowest BCUT2D eigenvalue weighted by Gasteiger charge is -2.18. The quantitative estimate of drug-likeness (QED) is 0.799. The van der Waals surface area contributed by atoms with E-state index in [0.29, 0.717) is 18.3 Å². The number of hydrogen-bond acceptors (Lipinski definition) is 5. The van der Waals surface area contributed by atoms with Crippen molar-refractivity contribution in [2.24, 2.45) is 0 Å². The maximum Gasteiger partial charge on any atom is 0.274 e. The summed E-state index contributed by atoms with van der Waals surface area (Å²) in [6.07, 6.45) is 2.58. The molecule has 0 aromatic carbocycles. The Morgan fingerprint density at radius 1 is 1.38 bits per heavy atom. The summed E-state index contributed by atoms with van der Waals surface area (Å²) in [6, 6.07) is 3.32. The van der Waals surface area contributed by atoms with E-state index in [0.717, 1.165) is 19.3 Å². The molecule has 2 atom stereocenters. The molecule has 1 heterocycles. The zero-order valence-electron chi connectivity index (χ0n) is 12.8. The summed E-state index contributed by atoms with van der Waals surface area (Å²) < 4.78 is 38.1. The second kappa shape index (κ2) is 6.91. The van der Waals surface area contributed by atoms with E-state index in [4.69, 9.17) is 9.15 Å². The van der Waals surface area contributed by atoms with E-state index < -0.39 is 10.0 Å². The van der Waals surface area contributed by atoms with Crippen LogP contribution in [-0.4, -0.2) is 33.7 Å². The van der Waals surface area contributed by atoms with Gasteiger partial charge in [-0.15, -0.1) is 0 Å². The molecule has 0 spiro atoms. The summed E-state index contributed by atoms with van der Waals surface area (Å²) >= 11 is 0. The van der Waals surface area contributed by atoms with Crippen LogP contribution < -0.4 is 10.0 Å². The largest absolute Gasteiger partial charge is 0.447 e. The smallest absolute Gasteiger partial charge is 0.274 e. The summed E-state index contributed by atoms with van der Waals surface area (Å²) in [5.74, 6) is 0.610. The summed E-state index contributed by atoms with van der Waals surface area (Å²) in [5.41, 5.74) is 0. The maximum absolute atomic E-state index is 12.3. The first-order valence-corrected chi connectivity index (χ1v) is 8.78. The number of hydrogen-bond donors (Lipinski definition) is 2. The third kappa shape index (κ3) is 4.29. The fourth-order valence-corrected chi connectivity index (χ4v) is 3.75. The van der Waals surface area contributed by atoms with Gasteiger partial charge in [0.25, 0.3) is 10.0 Å². The van der Waals surface area contributed by atoms with E-state index in [9.17, 15) is 8.42 Å². The van der Waals surface area contributed by atoms with Gasteiger partial charge in [-0.3, -0.25) is 0 Å². The molecule has 2 unspecified atom stereocenters. The van der Waals surface area contributed by atoms with Gasteiger partial charge in [0.2, 0.25) is 5.09 Å². The Bertz CT molecular complexity index is 553. The normalized spacial score (nSPS) is 23.0. The van der Waals surface area contributed by atoms with E-state index in [1.165, 1.54) is 6.07 Å². The summed E-state index contributed by atoms with van der Waals surface area (Å²) in [4.78, 5) is 0. The average Bonchev–Trinajstić information content (AvgIpc) is 3.04. The zero-order valence-corrected chi connectivity index (χ0v) is 13.6. The fourth-order valence-electron chi connectivity index (χ4n) is 2.50. The molecule has 1 aromatic heterocycles. The Balaban J connectivity index is 2.02. The molecule has 2 rings (SSSR count). The standard InChI is InChI=1S/C14H24N2O4S/c1-10(2)15-9-11-7-8-14(20-11)21(17,18)16-12-5-4-6-13(12)19-3/h7-8,10,12-13,15-16H,4-6,9H2,1-3H3. The lowest BCUT2D eigenvalue weighted by atomic mass is 10.2. The molecule has 6 nitrogen and oxygen atoms in total. The van der Waals surface area contributed by atoms with Crippen LogP contribution in [0.3, 0.4) is 0 Å². The van der Waals surface area contributed by atoms with E-state index in [1.807, 2.05) is 13.8 Å². The van der Waals surface area contributed by atoms with E-state index in [1.54, 1.807) is 13.2 Å². The van der Waals surface area contributed by atoms with Crippen LogP contribution in [0.4, 0.5) is 0 Å². The highest BCUT2D eigenvalue weighted by molar-refractivity contribution is 7.89. The summed E-state index contributed by atoms with van der Waals surface area (Å²) in [6.45, 7) is 4.55. The highest BCUT2D eigenvalue weighted by atomic mass is 32.2. The molecule has 1 fully saturated rings. The summed E-state index contributed by atoms with van der Waals surface area (Å²) in [7, 11) is -2.02. The predicted molar refractivity (Wildman–Crippen MR) is 79.4 cm³/mol. The Kier molecular flexibility index (Phi) is 5.43. The monoisotopic (exact) mass is 316 g/mol. The van der Waals surface area contributed by atoms with Gasteiger partial charge in [0.15, 0.2) is 0 Å². The van der Waals surface area contributed by atoms with Gasteiger partial charge in [-0.1, -0.05) is 13.8 Å². The minimum atomic E-state index is -3.63. The van der Waals surface area contributed by atoms with Crippen LogP contribution in [0.5, 0.6) is 0 Å². The summed E-state index contributed by atoms with van der Waals surface area (Å²) in [5, 5.41) is 3.15. The highest BCUT2D eigenvalue weighted by Gasteiger charge is 2.32. The maximum atomic E-state index is 12.3. The second-order valence-corrected chi connectivity index (χ2v) is 7.33. The molecule has 0 amide bonds. The van der Waals surface area contributed by atoms with Crippen LogP contribution in [0.2, 0.25) is 0 Å². The van der Waals surface area contributed by atoms with Crippen LogP contribution in [0.25, 0.3) is 0 Å². The van der Waals surface area contributed by atoms with Gasteiger partial charge in [-0.05, 0) is 31.4 Å². The topological polar surface area (TPSA) is 80.6 Å². The van der Waals surface area contributed by atoms with Crippen molar-refractivity contribution in [3.05, 3.63) is 17.9 Å². The highest BCUT2D eigenvalue weighted by Crippen LogP contribution is 2.24. The SMILES string of the molecule is COC1CCCC1NS(=O)(=O)c1ccc(CNC(C)C)o1. The molecule has 0 aliphatic heterocycles. The number of rotatable bonds is 7. The second-order valence-electron chi connectivity index (χ2n) is 5.69. The molecule has 120 valence electrons. The molecule has 1 saturated carbocycles. The minimum absolute atomic E-state index is 0.0372. The molecule has 0 radical (unpaired) electrons. The molecule has 1 aliphatic carbocycles. The predicted octanol–water partition coefficient (Wildman–Crippen LogP) is 1.62. The minimum Gasteiger partial charge on any atom is -0.447 e. The molecular weight excluding hydrogens is 292 g/mol. The Labute approximate surface area is 126 Å². The molecule has 7 heteroatoms. The Hall–Kier alpha value is -0.890. The Morgan fingerprint density at radius 3 is 2.81 bits per heavy atom. The van der Waals surface area contributed by atoms with Gasteiger partial charge in [0, 0.05) is 19.2 Å². The van der Waals surface area contributed by atoms with Gasteiger partial charge < -0.3 is 14.5 Å². The number of sulfonamides is 1. The van der Waals surface area contributed by atoms with E-state index in [-0.39, 0.29) is 17.2 Å². The van der Waals surface area contributed by atoms with Gasteiger partial charge in [0.05, 0.1) is 12.6 Å². The number of methoxy groups -OCH3 is 1. The van der Waals surface area contributed by atoms with Gasteiger partial charge in [0.1, 0.15) is 5.76 Å². The van der Waals surface area contributed by atoms with Crippen LogP contribution in [-0.2, 0) is 21.3 Å². The molecule has 0 bridgehead atoms. The molecule has 2 N–H and O–H groups in total. The van der Waals surface area contributed by atoms with Crippen LogP contribution in [0.1, 0.15) is 38.9 Å². The first-order valence-electron chi connectivity index (χ1n) is 7.29. The lowest BCUT2D eigenvalue weighted by Crippen LogP contribution is -2.40. The Morgan fingerprint density at radius 2 is 2.14 bits per heavy atom. The zero-order chi connectivity index (χ0) is 15.5.